The average Bonchev–Trinajstić information content (AvgIpc) is 3.09. The maximum Gasteiger partial charge on any atom is 0.193 e. The zero-order valence-corrected chi connectivity index (χ0v) is 22.8. The van der Waals surface area contributed by atoms with Crippen LogP contribution in [0.25, 0.3) is 0 Å². The lowest BCUT2D eigenvalue weighted by molar-refractivity contribution is -0.306. The topological polar surface area (TPSA) is 44.8 Å². The summed E-state index contributed by atoms with van der Waals surface area (Å²) in [6, 6.07) is 0. The van der Waals surface area contributed by atoms with E-state index in [-0.39, 0.29) is 17.2 Å². The third-order valence-corrected chi connectivity index (χ3v) is 12.4. The number of hydrogen-bond acceptors (Lipinski definition) is 4. The molecule has 2 rings (SSSR count). The predicted molar refractivity (Wildman–Crippen MR) is 134 cm³/mol. The van der Waals surface area contributed by atoms with Crippen LogP contribution >= 0.6 is 0 Å². The number of terminal acetylenes is 1. The highest BCUT2D eigenvalue weighted by molar-refractivity contribution is 6.74. The molecule has 0 aromatic rings. The van der Waals surface area contributed by atoms with Crippen LogP contribution in [0.5, 0.6) is 0 Å². The highest BCUT2D eigenvalue weighted by atomic mass is 28.4. The SMILES string of the molecule is C#C[C@H](O[Si](C)(C)C(C)(C)C)[C@@]1(CCCC)CC[C@]2(CC[C@H](C)[C@@H](C/C=C(\C)C=O)O2)O1. The van der Waals surface area contributed by atoms with Crippen molar-refractivity contribution in [2.45, 2.75) is 135 Å². The molecule has 0 N–H and O–H groups in total. The van der Waals surface area contributed by atoms with Crippen molar-refractivity contribution >= 4 is 14.6 Å². The molecule has 32 heavy (non-hydrogen) atoms. The molecule has 0 radical (unpaired) electrons. The van der Waals surface area contributed by atoms with Crippen molar-refractivity contribution in [3.63, 3.8) is 0 Å². The lowest BCUT2D eigenvalue weighted by Gasteiger charge is -2.46. The monoisotopic (exact) mass is 462 g/mol. The van der Waals surface area contributed by atoms with Gasteiger partial charge in [-0.05, 0) is 62.2 Å². The van der Waals surface area contributed by atoms with Gasteiger partial charge in [0.25, 0.3) is 0 Å². The second-order valence-electron chi connectivity index (χ2n) is 11.6. The van der Waals surface area contributed by atoms with E-state index in [4.69, 9.17) is 20.3 Å². The molecule has 2 aliphatic rings. The van der Waals surface area contributed by atoms with Crippen LogP contribution in [0.2, 0.25) is 18.1 Å². The summed E-state index contributed by atoms with van der Waals surface area (Å²) in [5.41, 5.74) is 0.250. The third-order valence-electron chi connectivity index (χ3n) is 7.96. The molecule has 5 atom stereocenters. The van der Waals surface area contributed by atoms with Crippen molar-refractivity contribution in [3.8, 4) is 12.3 Å². The predicted octanol–water partition coefficient (Wildman–Crippen LogP) is 6.80. The molecule has 0 unspecified atom stereocenters. The number of rotatable bonds is 9. The second kappa shape index (κ2) is 10.6. The Bertz CT molecular complexity index is 716. The first-order valence-corrected chi connectivity index (χ1v) is 15.4. The Hall–Kier alpha value is -0.933. The zero-order chi connectivity index (χ0) is 24.2. The zero-order valence-electron chi connectivity index (χ0n) is 21.8. The maximum absolute atomic E-state index is 11.0. The van der Waals surface area contributed by atoms with Crippen molar-refractivity contribution < 1.29 is 18.7 Å². The minimum absolute atomic E-state index is 0.0474. The van der Waals surface area contributed by atoms with Crippen molar-refractivity contribution in [3.05, 3.63) is 11.6 Å². The Kier molecular flexibility index (Phi) is 9.01. The highest BCUT2D eigenvalue weighted by Crippen LogP contribution is 2.51. The van der Waals surface area contributed by atoms with Crippen molar-refractivity contribution in [2.24, 2.45) is 5.92 Å². The minimum Gasteiger partial charge on any atom is -0.401 e. The van der Waals surface area contributed by atoms with Crippen LogP contribution < -0.4 is 0 Å². The third kappa shape index (κ3) is 6.14. The van der Waals surface area contributed by atoms with Crippen LogP contribution in [0.4, 0.5) is 0 Å². The Labute approximate surface area is 198 Å². The van der Waals surface area contributed by atoms with Crippen LogP contribution in [0.15, 0.2) is 11.6 Å². The van der Waals surface area contributed by atoms with E-state index in [1.165, 1.54) is 0 Å². The lowest BCUT2D eigenvalue weighted by Crippen LogP contribution is -2.54. The molecule has 1 spiro atoms. The van der Waals surface area contributed by atoms with Gasteiger partial charge in [0.05, 0.1) is 6.10 Å². The summed E-state index contributed by atoms with van der Waals surface area (Å²) >= 11 is 0. The van der Waals surface area contributed by atoms with Crippen LogP contribution in [0.3, 0.4) is 0 Å². The fourth-order valence-corrected chi connectivity index (χ4v) is 5.81. The van der Waals surface area contributed by atoms with E-state index in [1.54, 1.807) is 0 Å². The van der Waals surface area contributed by atoms with Crippen LogP contribution in [0, 0.1) is 18.3 Å². The first kappa shape index (κ1) is 27.3. The molecule has 0 bridgehead atoms. The molecule has 2 fully saturated rings. The summed E-state index contributed by atoms with van der Waals surface area (Å²) in [5.74, 6) is 2.83. The van der Waals surface area contributed by atoms with Gasteiger partial charge in [0.15, 0.2) is 14.1 Å². The van der Waals surface area contributed by atoms with E-state index in [1.807, 2.05) is 13.0 Å². The summed E-state index contributed by atoms with van der Waals surface area (Å²) in [5, 5.41) is 0.0784. The Morgan fingerprint density at radius 1 is 1.31 bits per heavy atom. The van der Waals surface area contributed by atoms with E-state index in [2.05, 4.69) is 53.6 Å². The first-order valence-electron chi connectivity index (χ1n) is 12.5. The number of carbonyl (C=O) groups excluding carboxylic acids is 1. The normalized spacial score (nSPS) is 32.7. The molecule has 2 heterocycles. The molecular weight excluding hydrogens is 416 g/mol. The quantitative estimate of drug-likeness (QED) is 0.164. The van der Waals surface area contributed by atoms with Gasteiger partial charge in [-0.25, -0.2) is 0 Å². The molecule has 0 aromatic heterocycles. The molecule has 2 aliphatic heterocycles. The minimum atomic E-state index is -2.06. The van der Waals surface area contributed by atoms with E-state index >= 15 is 0 Å². The number of aldehydes is 1. The van der Waals surface area contributed by atoms with Crippen LogP contribution in [0.1, 0.15) is 92.9 Å². The van der Waals surface area contributed by atoms with Crippen LogP contribution in [-0.4, -0.2) is 38.2 Å². The van der Waals surface area contributed by atoms with Gasteiger partial charge in [-0.2, -0.15) is 0 Å². The molecular formula is C27H46O4Si. The van der Waals surface area contributed by atoms with Crippen molar-refractivity contribution in [1.82, 2.24) is 0 Å². The molecule has 2 saturated heterocycles. The smallest absolute Gasteiger partial charge is 0.193 e. The van der Waals surface area contributed by atoms with Gasteiger partial charge < -0.3 is 13.9 Å². The van der Waals surface area contributed by atoms with Gasteiger partial charge in [0.2, 0.25) is 0 Å². The van der Waals surface area contributed by atoms with Crippen molar-refractivity contribution in [2.75, 3.05) is 0 Å². The Balaban J connectivity index is 2.28. The van der Waals surface area contributed by atoms with E-state index in [9.17, 15) is 4.79 Å². The summed E-state index contributed by atoms with van der Waals surface area (Å²) in [6.07, 6.45) is 16.1. The van der Waals surface area contributed by atoms with E-state index < -0.39 is 19.7 Å². The van der Waals surface area contributed by atoms with Gasteiger partial charge in [-0.15, -0.1) is 6.42 Å². The molecule has 5 heteroatoms. The van der Waals surface area contributed by atoms with Crippen LogP contribution in [-0.2, 0) is 18.7 Å². The largest absolute Gasteiger partial charge is 0.401 e. The van der Waals surface area contributed by atoms with Gasteiger partial charge >= 0.3 is 0 Å². The summed E-state index contributed by atoms with van der Waals surface area (Å²) in [6.45, 7) is 17.5. The number of allylic oxidation sites excluding steroid dienone is 1. The van der Waals surface area contributed by atoms with Gasteiger partial charge in [0, 0.05) is 12.8 Å². The molecule has 0 amide bonds. The summed E-state index contributed by atoms with van der Waals surface area (Å²) in [4.78, 5) is 11.0. The average molecular weight is 463 g/mol. The number of unbranched alkanes of at least 4 members (excludes halogenated alkanes) is 1. The first-order chi connectivity index (χ1) is 14.8. The highest BCUT2D eigenvalue weighted by Gasteiger charge is 2.57. The Morgan fingerprint density at radius 2 is 2.00 bits per heavy atom. The van der Waals surface area contributed by atoms with Gasteiger partial charge in [-0.3, -0.25) is 4.79 Å². The van der Waals surface area contributed by atoms with Crippen molar-refractivity contribution in [1.29, 1.82) is 0 Å². The van der Waals surface area contributed by atoms with E-state index in [0.717, 1.165) is 63.2 Å². The molecule has 4 nitrogen and oxygen atoms in total. The fraction of sp³-hybridized carbons (Fsp3) is 0.815. The standard InChI is InChI=1S/C27H46O4Si/c1-10-12-16-26(24(11-2)30-32(8,9)25(5,6)7)18-19-27(31-26)17-15-22(4)23(29-27)14-13-21(3)20-28/h2,13,20,22-24H,10,12,14-19H2,1,3-9H3/b21-13+/t22-,23+,24-,26+,27-/m0/s1. The van der Waals surface area contributed by atoms with E-state index in [0.29, 0.717) is 5.92 Å². The number of hydrogen-bond donors (Lipinski definition) is 0. The fourth-order valence-electron chi connectivity index (χ4n) is 4.58. The lowest BCUT2D eigenvalue weighted by atomic mass is 9.86. The Morgan fingerprint density at radius 3 is 2.56 bits per heavy atom. The molecule has 0 aromatic carbocycles. The maximum atomic E-state index is 11.0. The summed E-state index contributed by atoms with van der Waals surface area (Å²) in [7, 11) is -2.06. The number of carbonyl (C=O) groups is 1. The second-order valence-corrected chi connectivity index (χ2v) is 16.3. The number of ether oxygens (including phenoxy) is 2. The summed E-state index contributed by atoms with van der Waals surface area (Å²) < 4.78 is 20.4. The van der Waals surface area contributed by atoms with Gasteiger partial charge in [0.1, 0.15) is 18.0 Å². The molecule has 182 valence electrons. The van der Waals surface area contributed by atoms with Gasteiger partial charge in [-0.1, -0.05) is 59.5 Å². The molecule has 0 aliphatic carbocycles. The molecule has 0 saturated carbocycles.